The summed E-state index contributed by atoms with van der Waals surface area (Å²) in [6.45, 7) is 3.17. The second-order valence-electron chi connectivity index (χ2n) is 4.94. The van der Waals surface area contributed by atoms with Crippen LogP contribution in [0.4, 0.5) is 15.8 Å². The number of nitrogens with zero attached hydrogens (tertiary/aromatic N) is 1. The molecule has 1 unspecified atom stereocenters. The quantitative estimate of drug-likeness (QED) is 0.653. The van der Waals surface area contributed by atoms with E-state index in [4.69, 9.17) is 0 Å². The number of carbonyl (C=O) groups excluding carboxylic acids is 1. The van der Waals surface area contributed by atoms with Gasteiger partial charge in [-0.1, -0.05) is 6.92 Å². The van der Waals surface area contributed by atoms with Gasteiger partial charge in [-0.05, 0) is 25.5 Å². The predicted octanol–water partition coefficient (Wildman–Crippen LogP) is 2.06. The van der Waals surface area contributed by atoms with Crippen LogP contribution in [-0.4, -0.2) is 23.9 Å². The van der Waals surface area contributed by atoms with E-state index in [1.807, 2.05) is 6.92 Å². The van der Waals surface area contributed by atoms with Gasteiger partial charge in [-0.3, -0.25) is 14.9 Å². The van der Waals surface area contributed by atoms with Crippen LogP contribution in [0.25, 0.3) is 0 Å². The molecule has 1 saturated heterocycles. The number of anilines is 1. The van der Waals surface area contributed by atoms with E-state index in [9.17, 15) is 19.3 Å². The summed E-state index contributed by atoms with van der Waals surface area (Å²) in [6.07, 6.45) is 1.30. The summed E-state index contributed by atoms with van der Waals surface area (Å²) in [7, 11) is 0. The standard InChI is InChI=1S/C13H16FN3O3/c1-2-13(5-6-15-8-13)12(18)16-11-7-9(17(19)20)3-4-10(11)14/h3-4,7,15H,2,5-6,8H2,1H3,(H,16,18). The van der Waals surface area contributed by atoms with Crippen molar-refractivity contribution in [2.75, 3.05) is 18.4 Å². The molecule has 6 nitrogen and oxygen atoms in total. The number of halogens is 1. The minimum atomic E-state index is -0.679. The lowest BCUT2D eigenvalue weighted by atomic mass is 9.83. The fraction of sp³-hybridized carbons (Fsp3) is 0.462. The molecule has 1 fully saturated rings. The predicted molar refractivity (Wildman–Crippen MR) is 71.9 cm³/mol. The number of nitro benzene ring substituents is 1. The summed E-state index contributed by atoms with van der Waals surface area (Å²) >= 11 is 0. The Morgan fingerprint density at radius 2 is 2.35 bits per heavy atom. The van der Waals surface area contributed by atoms with E-state index in [1.165, 1.54) is 0 Å². The van der Waals surface area contributed by atoms with Crippen molar-refractivity contribution in [1.29, 1.82) is 0 Å². The van der Waals surface area contributed by atoms with Gasteiger partial charge in [0.25, 0.3) is 5.69 Å². The zero-order valence-corrected chi connectivity index (χ0v) is 11.1. The van der Waals surface area contributed by atoms with Gasteiger partial charge in [-0.25, -0.2) is 4.39 Å². The molecule has 0 saturated carbocycles. The van der Waals surface area contributed by atoms with Crippen molar-refractivity contribution >= 4 is 17.3 Å². The molecule has 0 radical (unpaired) electrons. The number of non-ortho nitro benzene ring substituents is 1. The van der Waals surface area contributed by atoms with Crippen molar-refractivity contribution in [2.45, 2.75) is 19.8 Å². The summed E-state index contributed by atoms with van der Waals surface area (Å²) < 4.78 is 13.7. The second-order valence-corrected chi connectivity index (χ2v) is 4.94. The molecule has 20 heavy (non-hydrogen) atoms. The van der Waals surface area contributed by atoms with Crippen LogP contribution in [0.15, 0.2) is 18.2 Å². The van der Waals surface area contributed by atoms with Crippen LogP contribution < -0.4 is 10.6 Å². The van der Waals surface area contributed by atoms with E-state index >= 15 is 0 Å². The Kier molecular flexibility index (Phi) is 3.99. The summed E-state index contributed by atoms with van der Waals surface area (Å²) in [5, 5.41) is 16.3. The maximum Gasteiger partial charge on any atom is 0.271 e. The molecule has 1 amide bonds. The number of nitrogens with one attached hydrogen (secondary N) is 2. The molecule has 2 rings (SSSR count). The molecular weight excluding hydrogens is 265 g/mol. The molecule has 1 heterocycles. The van der Waals surface area contributed by atoms with Crippen LogP contribution in [0.5, 0.6) is 0 Å². The lowest BCUT2D eigenvalue weighted by Crippen LogP contribution is -2.37. The Morgan fingerprint density at radius 3 is 2.90 bits per heavy atom. The fourth-order valence-corrected chi connectivity index (χ4v) is 2.38. The number of hydrogen-bond acceptors (Lipinski definition) is 4. The van der Waals surface area contributed by atoms with Crippen molar-refractivity contribution < 1.29 is 14.1 Å². The van der Waals surface area contributed by atoms with Crippen LogP contribution >= 0.6 is 0 Å². The van der Waals surface area contributed by atoms with Gasteiger partial charge in [-0.2, -0.15) is 0 Å². The van der Waals surface area contributed by atoms with Crippen molar-refractivity contribution in [3.63, 3.8) is 0 Å². The third-order valence-electron chi connectivity index (χ3n) is 3.81. The molecule has 7 heteroatoms. The highest BCUT2D eigenvalue weighted by Gasteiger charge is 2.39. The second kappa shape index (κ2) is 5.54. The molecule has 1 aromatic rings. The van der Waals surface area contributed by atoms with Crippen molar-refractivity contribution in [3.05, 3.63) is 34.1 Å². The third kappa shape index (κ3) is 2.62. The highest BCUT2D eigenvalue weighted by Crippen LogP contribution is 2.32. The first-order chi connectivity index (χ1) is 9.48. The number of amides is 1. The molecule has 1 atom stereocenters. The molecule has 2 N–H and O–H groups in total. The van der Waals surface area contributed by atoms with Crippen LogP contribution in [0.2, 0.25) is 0 Å². The van der Waals surface area contributed by atoms with E-state index < -0.39 is 16.2 Å². The van der Waals surface area contributed by atoms with Gasteiger partial charge in [0, 0.05) is 18.7 Å². The van der Waals surface area contributed by atoms with Gasteiger partial charge in [0.05, 0.1) is 16.0 Å². The largest absolute Gasteiger partial charge is 0.323 e. The van der Waals surface area contributed by atoms with Crippen LogP contribution in [0.1, 0.15) is 19.8 Å². The highest BCUT2D eigenvalue weighted by molar-refractivity contribution is 5.96. The normalized spacial score (nSPS) is 21.7. The molecule has 0 spiro atoms. The maximum absolute atomic E-state index is 13.7. The Morgan fingerprint density at radius 1 is 1.60 bits per heavy atom. The zero-order valence-electron chi connectivity index (χ0n) is 11.1. The fourth-order valence-electron chi connectivity index (χ4n) is 2.38. The summed E-state index contributed by atoms with van der Waals surface area (Å²) in [5.41, 5.74) is -0.974. The zero-order chi connectivity index (χ0) is 14.8. The van der Waals surface area contributed by atoms with Gasteiger partial charge in [0.2, 0.25) is 5.91 Å². The molecular formula is C13H16FN3O3. The van der Waals surface area contributed by atoms with E-state index in [-0.39, 0.29) is 17.3 Å². The molecule has 1 aliphatic heterocycles. The minimum Gasteiger partial charge on any atom is -0.323 e. The average Bonchev–Trinajstić information content (AvgIpc) is 2.91. The van der Waals surface area contributed by atoms with Gasteiger partial charge >= 0.3 is 0 Å². The van der Waals surface area contributed by atoms with Gasteiger partial charge in [0.1, 0.15) is 5.82 Å². The number of hydrogen-bond donors (Lipinski definition) is 2. The Bertz CT molecular complexity index is 542. The van der Waals surface area contributed by atoms with Crippen molar-refractivity contribution in [3.8, 4) is 0 Å². The topological polar surface area (TPSA) is 84.3 Å². The Balaban J connectivity index is 2.23. The number of benzene rings is 1. The van der Waals surface area contributed by atoms with Gasteiger partial charge in [-0.15, -0.1) is 0 Å². The summed E-state index contributed by atoms with van der Waals surface area (Å²) in [6, 6.07) is 3.09. The smallest absolute Gasteiger partial charge is 0.271 e. The Hall–Kier alpha value is -2.02. The molecule has 0 aromatic heterocycles. The molecule has 0 bridgehead atoms. The molecule has 1 aliphatic rings. The first-order valence-corrected chi connectivity index (χ1v) is 6.44. The Labute approximate surface area is 115 Å². The number of carbonyl (C=O) groups is 1. The third-order valence-corrected chi connectivity index (χ3v) is 3.81. The van der Waals surface area contributed by atoms with Gasteiger partial charge < -0.3 is 10.6 Å². The monoisotopic (exact) mass is 281 g/mol. The number of rotatable bonds is 4. The lowest BCUT2D eigenvalue weighted by molar-refractivity contribution is -0.384. The van der Waals surface area contributed by atoms with E-state index in [0.29, 0.717) is 19.4 Å². The highest BCUT2D eigenvalue weighted by atomic mass is 19.1. The minimum absolute atomic E-state index is 0.149. The SMILES string of the molecule is CCC1(C(=O)Nc2cc([N+](=O)[O-])ccc2F)CCNC1. The maximum atomic E-state index is 13.7. The average molecular weight is 281 g/mol. The van der Waals surface area contributed by atoms with Crippen LogP contribution in [0, 0.1) is 21.3 Å². The van der Waals surface area contributed by atoms with Crippen LogP contribution in [0.3, 0.4) is 0 Å². The van der Waals surface area contributed by atoms with Crippen molar-refractivity contribution in [1.82, 2.24) is 5.32 Å². The van der Waals surface area contributed by atoms with Crippen molar-refractivity contribution in [2.24, 2.45) is 5.41 Å². The van der Waals surface area contributed by atoms with E-state index in [1.54, 1.807) is 0 Å². The van der Waals surface area contributed by atoms with E-state index in [2.05, 4.69) is 10.6 Å². The molecule has 0 aliphatic carbocycles. The lowest BCUT2D eigenvalue weighted by Gasteiger charge is -2.25. The number of nitro groups is 1. The first kappa shape index (κ1) is 14.4. The summed E-state index contributed by atoms with van der Waals surface area (Å²) in [5.74, 6) is -0.981. The molecule has 108 valence electrons. The summed E-state index contributed by atoms with van der Waals surface area (Å²) in [4.78, 5) is 22.4. The van der Waals surface area contributed by atoms with Crippen LogP contribution in [-0.2, 0) is 4.79 Å². The first-order valence-electron chi connectivity index (χ1n) is 6.44. The molecule has 1 aromatic carbocycles. The van der Waals surface area contributed by atoms with Gasteiger partial charge in [0.15, 0.2) is 0 Å². The van der Waals surface area contributed by atoms with E-state index in [0.717, 1.165) is 24.7 Å².